The molecule has 0 unspecified atom stereocenters. The first-order valence-electron chi connectivity index (χ1n) is 6.54. The van der Waals surface area contributed by atoms with Gasteiger partial charge in [-0.05, 0) is 31.5 Å². The van der Waals surface area contributed by atoms with E-state index in [4.69, 9.17) is 0 Å². The van der Waals surface area contributed by atoms with Gasteiger partial charge in [-0.2, -0.15) is 5.10 Å². The molecule has 0 spiro atoms. The minimum absolute atomic E-state index is 0.536. The summed E-state index contributed by atoms with van der Waals surface area (Å²) < 4.78 is 16.4. The quantitative estimate of drug-likeness (QED) is 0.898. The first kappa shape index (κ1) is 12.3. The van der Waals surface area contributed by atoms with Crippen LogP contribution in [0.3, 0.4) is 0 Å². The Morgan fingerprint density at radius 3 is 2.47 bits per heavy atom. The number of hydrogen-bond acceptors (Lipinski definition) is 3. The molecule has 100 valence electrons. The molecule has 1 fully saturated rings. The summed E-state index contributed by atoms with van der Waals surface area (Å²) in [5.74, 6) is 0.673. The molecule has 0 saturated carbocycles. The average Bonchev–Trinajstić information content (AvgIpc) is 2.87. The molecular formula is C14H17FN4. The molecule has 5 heteroatoms. The summed E-state index contributed by atoms with van der Waals surface area (Å²) >= 11 is 0. The molecule has 19 heavy (non-hydrogen) atoms. The minimum atomic E-state index is -1.19. The van der Waals surface area contributed by atoms with E-state index in [0.717, 1.165) is 24.2 Å². The Kier molecular flexibility index (Phi) is 3.06. The highest BCUT2D eigenvalue weighted by molar-refractivity contribution is 5.55. The summed E-state index contributed by atoms with van der Waals surface area (Å²) in [5, 5.41) is 7.43. The molecule has 0 atom stereocenters. The van der Waals surface area contributed by atoms with Crippen molar-refractivity contribution in [1.82, 2.24) is 20.1 Å². The highest BCUT2D eigenvalue weighted by Crippen LogP contribution is 2.35. The van der Waals surface area contributed by atoms with Crippen LogP contribution in [-0.2, 0) is 12.7 Å². The van der Waals surface area contributed by atoms with Gasteiger partial charge in [0.15, 0.2) is 5.82 Å². The van der Waals surface area contributed by atoms with E-state index >= 15 is 0 Å². The minimum Gasteiger partial charge on any atom is -0.316 e. The second-order valence-electron chi connectivity index (χ2n) is 5.03. The van der Waals surface area contributed by atoms with Gasteiger partial charge in [-0.15, -0.1) is 0 Å². The highest BCUT2D eigenvalue weighted by atomic mass is 19.1. The van der Waals surface area contributed by atoms with Crippen LogP contribution in [0.4, 0.5) is 4.39 Å². The van der Waals surface area contributed by atoms with E-state index in [-0.39, 0.29) is 0 Å². The van der Waals surface area contributed by atoms with Crippen molar-refractivity contribution in [2.24, 2.45) is 7.05 Å². The van der Waals surface area contributed by atoms with Gasteiger partial charge >= 0.3 is 0 Å². The fourth-order valence-electron chi connectivity index (χ4n) is 2.50. The predicted octanol–water partition coefficient (Wildman–Crippen LogP) is 2.03. The number of aryl methyl sites for hydroxylation is 1. The van der Waals surface area contributed by atoms with Gasteiger partial charge in [-0.3, -0.25) is 4.68 Å². The van der Waals surface area contributed by atoms with Crippen molar-refractivity contribution < 1.29 is 4.39 Å². The summed E-state index contributed by atoms with van der Waals surface area (Å²) in [6.07, 6.45) is 2.73. The van der Waals surface area contributed by atoms with Crippen LogP contribution in [-0.4, -0.2) is 27.9 Å². The SMILES string of the molecule is Cn1cnc(-c2ccc(C3(F)CCNCC3)cc2)n1. The molecule has 2 heterocycles. The molecule has 1 aromatic heterocycles. The van der Waals surface area contributed by atoms with Gasteiger partial charge in [0, 0.05) is 12.6 Å². The van der Waals surface area contributed by atoms with Crippen molar-refractivity contribution in [2.75, 3.05) is 13.1 Å². The Labute approximate surface area is 111 Å². The number of nitrogens with zero attached hydrogens (tertiary/aromatic N) is 3. The van der Waals surface area contributed by atoms with Gasteiger partial charge in [-0.25, -0.2) is 9.37 Å². The number of piperidine rings is 1. The third-order valence-corrected chi connectivity index (χ3v) is 3.66. The molecule has 1 aliphatic heterocycles. The summed E-state index contributed by atoms with van der Waals surface area (Å²) in [4.78, 5) is 4.19. The average molecular weight is 260 g/mol. The predicted molar refractivity (Wildman–Crippen MR) is 71.3 cm³/mol. The molecule has 0 radical (unpaired) electrons. The molecule has 1 aliphatic rings. The number of halogens is 1. The Hall–Kier alpha value is -1.75. The maximum atomic E-state index is 14.8. The summed E-state index contributed by atoms with van der Waals surface area (Å²) in [7, 11) is 1.83. The standard InChI is InChI=1S/C14H17FN4/c1-19-10-17-13(18-19)11-2-4-12(5-3-11)14(15)6-8-16-9-7-14/h2-5,10,16H,6-9H2,1H3. The van der Waals surface area contributed by atoms with Crippen molar-refractivity contribution in [1.29, 1.82) is 0 Å². The molecule has 0 bridgehead atoms. The molecule has 1 N–H and O–H groups in total. The van der Waals surface area contributed by atoms with Crippen molar-refractivity contribution >= 4 is 0 Å². The normalized spacial score (nSPS) is 18.4. The maximum absolute atomic E-state index is 14.8. The van der Waals surface area contributed by atoms with Crippen LogP contribution < -0.4 is 5.32 Å². The Morgan fingerprint density at radius 2 is 1.89 bits per heavy atom. The summed E-state index contributed by atoms with van der Waals surface area (Å²) in [5.41, 5.74) is 0.483. The molecule has 0 amide bonds. The zero-order valence-corrected chi connectivity index (χ0v) is 10.9. The number of aromatic nitrogens is 3. The number of benzene rings is 1. The molecule has 0 aliphatic carbocycles. The second-order valence-corrected chi connectivity index (χ2v) is 5.03. The largest absolute Gasteiger partial charge is 0.316 e. The van der Waals surface area contributed by atoms with Crippen LogP contribution in [0.5, 0.6) is 0 Å². The van der Waals surface area contributed by atoms with Crippen LogP contribution in [0.2, 0.25) is 0 Å². The van der Waals surface area contributed by atoms with Crippen LogP contribution in [0.25, 0.3) is 11.4 Å². The second kappa shape index (κ2) is 4.74. The first-order valence-corrected chi connectivity index (χ1v) is 6.54. The Bertz CT molecular complexity index is 555. The van der Waals surface area contributed by atoms with E-state index < -0.39 is 5.67 Å². The fraction of sp³-hybridized carbons (Fsp3) is 0.429. The van der Waals surface area contributed by atoms with E-state index in [0.29, 0.717) is 18.7 Å². The van der Waals surface area contributed by atoms with E-state index in [2.05, 4.69) is 15.4 Å². The van der Waals surface area contributed by atoms with Crippen LogP contribution in [0, 0.1) is 0 Å². The molecular weight excluding hydrogens is 243 g/mol. The first-order chi connectivity index (χ1) is 9.17. The van der Waals surface area contributed by atoms with Gasteiger partial charge in [0.1, 0.15) is 12.0 Å². The van der Waals surface area contributed by atoms with E-state index in [1.54, 1.807) is 11.0 Å². The maximum Gasteiger partial charge on any atom is 0.181 e. The highest BCUT2D eigenvalue weighted by Gasteiger charge is 2.33. The molecule has 1 aromatic carbocycles. The van der Waals surface area contributed by atoms with E-state index in [9.17, 15) is 4.39 Å². The Balaban J connectivity index is 1.86. The monoisotopic (exact) mass is 260 g/mol. The number of alkyl halides is 1. The van der Waals surface area contributed by atoms with Gasteiger partial charge in [-0.1, -0.05) is 24.3 Å². The van der Waals surface area contributed by atoms with Gasteiger partial charge in [0.25, 0.3) is 0 Å². The smallest absolute Gasteiger partial charge is 0.181 e. The molecule has 1 saturated heterocycles. The van der Waals surface area contributed by atoms with Crippen LogP contribution in [0.1, 0.15) is 18.4 Å². The summed E-state index contributed by atoms with van der Waals surface area (Å²) in [6.45, 7) is 1.47. The van der Waals surface area contributed by atoms with Crippen molar-refractivity contribution in [3.63, 3.8) is 0 Å². The number of rotatable bonds is 2. The molecule has 2 aromatic rings. The van der Waals surface area contributed by atoms with Crippen molar-refractivity contribution in [3.8, 4) is 11.4 Å². The van der Waals surface area contributed by atoms with Crippen molar-refractivity contribution in [2.45, 2.75) is 18.5 Å². The van der Waals surface area contributed by atoms with Crippen LogP contribution in [0.15, 0.2) is 30.6 Å². The third kappa shape index (κ3) is 2.38. The van der Waals surface area contributed by atoms with Gasteiger partial charge in [0.2, 0.25) is 0 Å². The Morgan fingerprint density at radius 1 is 1.21 bits per heavy atom. The fourth-order valence-corrected chi connectivity index (χ4v) is 2.50. The lowest BCUT2D eigenvalue weighted by Crippen LogP contribution is -2.36. The number of nitrogens with one attached hydrogen (secondary N) is 1. The molecule has 3 rings (SSSR count). The zero-order valence-electron chi connectivity index (χ0n) is 10.9. The zero-order chi connectivity index (χ0) is 13.3. The number of hydrogen-bond donors (Lipinski definition) is 1. The molecule has 4 nitrogen and oxygen atoms in total. The van der Waals surface area contributed by atoms with Crippen molar-refractivity contribution in [3.05, 3.63) is 36.2 Å². The van der Waals surface area contributed by atoms with Gasteiger partial charge in [0.05, 0.1) is 0 Å². The van der Waals surface area contributed by atoms with E-state index in [1.807, 2.05) is 31.3 Å². The lowest BCUT2D eigenvalue weighted by molar-refractivity contribution is 0.115. The van der Waals surface area contributed by atoms with Crippen LogP contribution >= 0.6 is 0 Å². The summed E-state index contributed by atoms with van der Waals surface area (Å²) in [6, 6.07) is 7.51. The third-order valence-electron chi connectivity index (χ3n) is 3.66. The topological polar surface area (TPSA) is 42.7 Å². The van der Waals surface area contributed by atoms with Gasteiger partial charge < -0.3 is 5.32 Å². The lowest BCUT2D eigenvalue weighted by Gasteiger charge is -2.30. The lowest BCUT2D eigenvalue weighted by atomic mass is 9.86. The van der Waals surface area contributed by atoms with E-state index in [1.165, 1.54) is 0 Å².